The van der Waals surface area contributed by atoms with E-state index >= 15 is 0 Å². The maximum Gasteiger partial charge on any atom is 0.253 e. The molecule has 3 rings (SSSR count). The lowest BCUT2D eigenvalue weighted by Gasteiger charge is -2.39. The SMILES string of the molecule is O=C(c1ccc(F)cc1)N1CC(Nc2ncccn2)C1. The second-order valence-electron chi connectivity index (χ2n) is 4.63. The molecule has 1 aliphatic heterocycles. The molecule has 20 heavy (non-hydrogen) atoms. The van der Waals surface area contributed by atoms with Gasteiger partial charge >= 0.3 is 0 Å². The second-order valence-corrected chi connectivity index (χ2v) is 4.63. The maximum atomic E-state index is 12.8. The van der Waals surface area contributed by atoms with Crippen LogP contribution < -0.4 is 5.32 Å². The summed E-state index contributed by atoms with van der Waals surface area (Å²) in [5.74, 6) is 0.134. The molecule has 2 heterocycles. The molecule has 1 fully saturated rings. The fraction of sp³-hybridized carbons (Fsp3) is 0.214. The summed E-state index contributed by atoms with van der Waals surface area (Å²) in [7, 11) is 0. The third kappa shape index (κ3) is 2.59. The van der Waals surface area contributed by atoms with Gasteiger partial charge < -0.3 is 10.2 Å². The molecule has 1 N–H and O–H groups in total. The van der Waals surface area contributed by atoms with Gasteiger partial charge in [0.05, 0.1) is 6.04 Å². The average molecular weight is 272 g/mol. The standard InChI is InChI=1S/C14H13FN4O/c15-11-4-2-10(3-5-11)13(20)19-8-12(9-19)18-14-16-6-1-7-17-14/h1-7,12H,8-9H2,(H,16,17,18). The van der Waals surface area contributed by atoms with E-state index in [0.717, 1.165) is 0 Å². The Balaban J connectivity index is 1.55. The summed E-state index contributed by atoms with van der Waals surface area (Å²) in [4.78, 5) is 21.9. The van der Waals surface area contributed by atoms with Gasteiger partial charge in [-0.3, -0.25) is 4.79 Å². The Bertz CT molecular complexity index is 596. The second kappa shape index (κ2) is 5.24. The maximum absolute atomic E-state index is 12.8. The van der Waals surface area contributed by atoms with Crippen molar-refractivity contribution in [3.63, 3.8) is 0 Å². The number of benzene rings is 1. The number of aromatic nitrogens is 2. The van der Waals surface area contributed by atoms with Crippen molar-refractivity contribution in [3.05, 3.63) is 54.1 Å². The lowest BCUT2D eigenvalue weighted by molar-refractivity contribution is 0.0624. The first kappa shape index (κ1) is 12.5. The molecular formula is C14H13FN4O. The Kier molecular flexibility index (Phi) is 3.28. The van der Waals surface area contributed by atoms with E-state index in [1.807, 2.05) is 0 Å². The van der Waals surface area contributed by atoms with Gasteiger partial charge in [0.2, 0.25) is 5.95 Å². The van der Waals surface area contributed by atoms with Crippen LogP contribution in [0.25, 0.3) is 0 Å². The zero-order chi connectivity index (χ0) is 13.9. The van der Waals surface area contributed by atoms with Crippen LogP contribution in [0.3, 0.4) is 0 Å². The Morgan fingerprint density at radius 2 is 1.85 bits per heavy atom. The number of rotatable bonds is 3. The average Bonchev–Trinajstić information content (AvgIpc) is 2.44. The molecule has 1 amide bonds. The van der Waals surface area contributed by atoms with Gasteiger partial charge in [-0.05, 0) is 30.3 Å². The molecular weight excluding hydrogens is 259 g/mol. The van der Waals surface area contributed by atoms with Gasteiger partial charge in [0, 0.05) is 31.0 Å². The van der Waals surface area contributed by atoms with Crippen molar-refractivity contribution in [2.24, 2.45) is 0 Å². The van der Waals surface area contributed by atoms with Crippen molar-refractivity contribution >= 4 is 11.9 Å². The topological polar surface area (TPSA) is 58.1 Å². The van der Waals surface area contributed by atoms with Gasteiger partial charge in [0.1, 0.15) is 5.82 Å². The van der Waals surface area contributed by atoms with Crippen LogP contribution in [0, 0.1) is 5.82 Å². The number of nitrogens with zero attached hydrogens (tertiary/aromatic N) is 3. The molecule has 0 atom stereocenters. The number of halogens is 1. The Morgan fingerprint density at radius 1 is 1.20 bits per heavy atom. The summed E-state index contributed by atoms with van der Waals surface area (Å²) >= 11 is 0. The van der Waals surface area contributed by atoms with Crippen LogP contribution in [0.5, 0.6) is 0 Å². The third-order valence-corrected chi connectivity index (χ3v) is 3.16. The predicted octanol–water partition coefficient (Wildman–Crippen LogP) is 1.55. The lowest BCUT2D eigenvalue weighted by atomic mass is 10.1. The van der Waals surface area contributed by atoms with Crippen molar-refractivity contribution in [1.29, 1.82) is 0 Å². The van der Waals surface area contributed by atoms with Crippen LogP contribution >= 0.6 is 0 Å². The largest absolute Gasteiger partial charge is 0.348 e. The molecule has 2 aromatic rings. The zero-order valence-electron chi connectivity index (χ0n) is 10.7. The molecule has 0 radical (unpaired) electrons. The number of carbonyl (C=O) groups is 1. The quantitative estimate of drug-likeness (QED) is 0.921. The van der Waals surface area contributed by atoms with Gasteiger partial charge in [-0.2, -0.15) is 0 Å². The monoisotopic (exact) mass is 272 g/mol. The van der Waals surface area contributed by atoms with Gasteiger partial charge in [-0.15, -0.1) is 0 Å². The third-order valence-electron chi connectivity index (χ3n) is 3.16. The smallest absolute Gasteiger partial charge is 0.253 e. The van der Waals surface area contributed by atoms with Crippen molar-refractivity contribution in [3.8, 4) is 0 Å². The molecule has 1 aromatic carbocycles. The van der Waals surface area contributed by atoms with Crippen LogP contribution in [-0.2, 0) is 0 Å². The van der Waals surface area contributed by atoms with E-state index in [2.05, 4.69) is 15.3 Å². The Labute approximate surface area is 115 Å². The van der Waals surface area contributed by atoms with Crippen LogP contribution in [-0.4, -0.2) is 39.9 Å². The minimum absolute atomic E-state index is 0.0861. The number of anilines is 1. The van der Waals surface area contributed by atoms with Gasteiger partial charge in [-0.25, -0.2) is 14.4 Å². The minimum Gasteiger partial charge on any atom is -0.348 e. The molecule has 0 saturated carbocycles. The van der Waals surface area contributed by atoms with Crippen molar-refractivity contribution < 1.29 is 9.18 Å². The molecule has 102 valence electrons. The van der Waals surface area contributed by atoms with Gasteiger partial charge in [0.25, 0.3) is 5.91 Å². The Hall–Kier alpha value is -2.50. The van der Waals surface area contributed by atoms with Crippen molar-refractivity contribution in [1.82, 2.24) is 14.9 Å². The lowest BCUT2D eigenvalue weighted by Crippen LogP contribution is -2.57. The summed E-state index contributed by atoms with van der Waals surface area (Å²) in [6.07, 6.45) is 3.32. The summed E-state index contributed by atoms with van der Waals surface area (Å²) < 4.78 is 12.8. The fourth-order valence-electron chi connectivity index (χ4n) is 2.07. The first-order valence-corrected chi connectivity index (χ1v) is 6.31. The number of nitrogens with one attached hydrogen (secondary N) is 1. The summed E-state index contributed by atoms with van der Waals surface area (Å²) in [6.45, 7) is 1.18. The van der Waals surface area contributed by atoms with Crippen molar-refractivity contribution in [2.45, 2.75) is 6.04 Å². The van der Waals surface area contributed by atoms with Crippen LogP contribution in [0.4, 0.5) is 10.3 Å². The number of hydrogen-bond acceptors (Lipinski definition) is 4. The van der Waals surface area contributed by atoms with Crippen LogP contribution in [0.1, 0.15) is 10.4 Å². The number of likely N-dealkylation sites (tertiary alicyclic amines) is 1. The molecule has 0 unspecified atom stereocenters. The zero-order valence-corrected chi connectivity index (χ0v) is 10.7. The molecule has 1 aromatic heterocycles. The summed E-state index contributed by atoms with van der Waals surface area (Å²) in [6, 6.07) is 7.48. The number of amides is 1. The molecule has 1 saturated heterocycles. The summed E-state index contributed by atoms with van der Waals surface area (Å²) in [5.41, 5.74) is 0.501. The first-order chi connectivity index (χ1) is 9.72. The molecule has 0 spiro atoms. The van der Waals surface area contributed by atoms with Gasteiger partial charge in [-0.1, -0.05) is 0 Å². The van der Waals surface area contributed by atoms with E-state index in [-0.39, 0.29) is 17.8 Å². The van der Waals surface area contributed by atoms with E-state index in [4.69, 9.17) is 0 Å². The molecule has 0 aliphatic carbocycles. The molecule has 1 aliphatic rings. The first-order valence-electron chi connectivity index (χ1n) is 6.31. The Morgan fingerprint density at radius 3 is 2.50 bits per heavy atom. The normalized spacial score (nSPS) is 14.8. The highest BCUT2D eigenvalue weighted by Crippen LogP contribution is 2.16. The van der Waals surface area contributed by atoms with Gasteiger partial charge in [0.15, 0.2) is 0 Å². The molecule has 5 nitrogen and oxygen atoms in total. The summed E-state index contributed by atoms with van der Waals surface area (Å²) in [5, 5.41) is 3.15. The number of hydrogen-bond donors (Lipinski definition) is 1. The minimum atomic E-state index is -0.342. The predicted molar refractivity (Wildman–Crippen MR) is 71.7 cm³/mol. The highest BCUT2D eigenvalue weighted by Gasteiger charge is 2.31. The number of carbonyl (C=O) groups excluding carboxylic acids is 1. The van der Waals surface area contributed by atoms with E-state index in [1.165, 1.54) is 24.3 Å². The molecule has 6 heteroatoms. The highest BCUT2D eigenvalue weighted by atomic mass is 19.1. The van der Waals surface area contributed by atoms with Crippen molar-refractivity contribution in [2.75, 3.05) is 18.4 Å². The fourth-order valence-corrected chi connectivity index (χ4v) is 2.07. The van der Waals surface area contributed by atoms with Crippen LogP contribution in [0.2, 0.25) is 0 Å². The van der Waals surface area contributed by atoms with E-state index in [9.17, 15) is 9.18 Å². The van der Waals surface area contributed by atoms with E-state index < -0.39 is 0 Å². The van der Waals surface area contributed by atoms with Crippen LogP contribution in [0.15, 0.2) is 42.7 Å². The van der Waals surface area contributed by atoms with E-state index in [1.54, 1.807) is 23.4 Å². The molecule has 0 bridgehead atoms. The highest BCUT2D eigenvalue weighted by molar-refractivity contribution is 5.94. The van der Waals surface area contributed by atoms with E-state index in [0.29, 0.717) is 24.6 Å².